The van der Waals surface area contributed by atoms with Crippen molar-refractivity contribution < 1.29 is 0 Å². The van der Waals surface area contributed by atoms with Gasteiger partial charge in [-0.05, 0) is 25.2 Å². The van der Waals surface area contributed by atoms with E-state index in [0.29, 0.717) is 0 Å². The summed E-state index contributed by atoms with van der Waals surface area (Å²) in [6, 6.07) is 0. The Labute approximate surface area is 75.7 Å². The molecule has 0 bridgehead atoms. The van der Waals surface area contributed by atoms with Gasteiger partial charge in [0.2, 0.25) is 0 Å². The molecule has 0 saturated heterocycles. The maximum absolute atomic E-state index is 3.40. The highest BCUT2D eigenvalue weighted by Crippen LogP contribution is 2.42. The van der Waals surface area contributed by atoms with Crippen LogP contribution >= 0.6 is 0 Å². The third-order valence-corrected chi connectivity index (χ3v) is 3.09. The van der Waals surface area contributed by atoms with Crippen molar-refractivity contribution in [2.24, 2.45) is 11.8 Å². The summed E-state index contributed by atoms with van der Waals surface area (Å²) in [7, 11) is 0. The van der Waals surface area contributed by atoms with Gasteiger partial charge in [-0.15, -0.1) is 5.92 Å². The van der Waals surface area contributed by atoms with E-state index in [2.05, 4.69) is 11.8 Å². The molecule has 1 fully saturated rings. The predicted molar refractivity (Wildman–Crippen MR) is 51.7 cm³/mol. The highest BCUT2D eigenvalue weighted by atomic mass is 14.4. The highest BCUT2D eigenvalue weighted by Gasteiger charge is 2.34. The molecular weight excluding hydrogens is 144 g/mol. The van der Waals surface area contributed by atoms with Gasteiger partial charge in [0.1, 0.15) is 0 Å². The third kappa shape index (κ3) is 2.27. The molecule has 2 aliphatic carbocycles. The minimum Gasteiger partial charge on any atom is -0.103 e. The summed E-state index contributed by atoms with van der Waals surface area (Å²) in [5.41, 5.74) is 0. The van der Waals surface area contributed by atoms with E-state index in [0.717, 1.165) is 18.3 Å². The Bertz CT molecular complexity index is 194. The molecule has 0 amide bonds. The maximum Gasteiger partial charge on any atom is 0.0234 e. The molecule has 0 radical (unpaired) electrons. The van der Waals surface area contributed by atoms with Gasteiger partial charge in [-0.1, -0.05) is 31.6 Å². The molecule has 2 atom stereocenters. The second-order valence-electron chi connectivity index (χ2n) is 4.23. The fourth-order valence-corrected chi connectivity index (χ4v) is 2.10. The van der Waals surface area contributed by atoms with Crippen LogP contribution in [0.2, 0.25) is 0 Å². The van der Waals surface area contributed by atoms with Crippen LogP contribution in [0, 0.1) is 23.7 Å². The first kappa shape index (κ1) is 8.17. The minimum atomic E-state index is 0.808. The molecule has 0 aromatic rings. The van der Waals surface area contributed by atoms with Crippen LogP contribution in [-0.2, 0) is 0 Å². The summed E-state index contributed by atoms with van der Waals surface area (Å²) in [6.45, 7) is 0. The molecule has 0 heteroatoms. The van der Waals surface area contributed by atoms with Crippen molar-refractivity contribution >= 4 is 0 Å². The number of hydrogen-bond acceptors (Lipinski definition) is 0. The first-order chi connectivity index (χ1) is 5.97. The van der Waals surface area contributed by atoms with E-state index >= 15 is 0 Å². The number of rotatable bonds is 0. The molecule has 1 saturated carbocycles. The standard InChI is InChI=1S/C12H18/c1-2-4-6-8-11-10-12(11)9-7-5-3-1/h11-12H,1-6,8,10H2/t11-,12-/m0/s1. The molecule has 12 heavy (non-hydrogen) atoms. The van der Waals surface area contributed by atoms with Crippen LogP contribution < -0.4 is 0 Å². The Morgan fingerprint density at radius 3 is 2.75 bits per heavy atom. The Hall–Kier alpha value is -0.440. The van der Waals surface area contributed by atoms with Crippen LogP contribution in [-0.4, -0.2) is 0 Å². The van der Waals surface area contributed by atoms with Gasteiger partial charge < -0.3 is 0 Å². The molecule has 0 heterocycles. The Kier molecular flexibility index (Phi) is 2.71. The zero-order valence-corrected chi connectivity index (χ0v) is 7.81. The minimum absolute atomic E-state index is 0.808. The lowest BCUT2D eigenvalue weighted by Crippen LogP contribution is -1.81. The summed E-state index contributed by atoms with van der Waals surface area (Å²) >= 11 is 0. The number of fused-ring (bicyclic) bond motifs is 1. The van der Waals surface area contributed by atoms with Crippen molar-refractivity contribution in [1.82, 2.24) is 0 Å². The van der Waals surface area contributed by atoms with E-state index in [1.165, 1.54) is 44.9 Å². The van der Waals surface area contributed by atoms with Crippen molar-refractivity contribution in [2.45, 2.75) is 51.4 Å². The molecule has 0 aromatic heterocycles. The zero-order chi connectivity index (χ0) is 8.23. The average molecular weight is 162 g/mol. The van der Waals surface area contributed by atoms with Gasteiger partial charge in [0.05, 0.1) is 0 Å². The van der Waals surface area contributed by atoms with Gasteiger partial charge in [-0.2, -0.15) is 0 Å². The van der Waals surface area contributed by atoms with Crippen molar-refractivity contribution in [3.05, 3.63) is 0 Å². The molecule has 2 aliphatic rings. The number of hydrogen-bond donors (Lipinski definition) is 0. The van der Waals surface area contributed by atoms with E-state index < -0.39 is 0 Å². The summed E-state index contributed by atoms with van der Waals surface area (Å²) in [5.74, 6) is 8.53. The molecule has 0 unspecified atom stereocenters. The largest absolute Gasteiger partial charge is 0.103 e. The van der Waals surface area contributed by atoms with Gasteiger partial charge in [0.25, 0.3) is 0 Å². The van der Waals surface area contributed by atoms with Gasteiger partial charge >= 0.3 is 0 Å². The molecule has 2 rings (SSSR count). The van der Waals surface area contributed by atoms with E-state index in [1.807, 2.05) is 0 Å². The zero-order valence-electron chi connectivity index (χ0n) is 7.81. The lowest BCUT2D eigenvalue weighted by Gasteiger charge is -1.98. The van der Waals surface area contributed by atoms with E-state index in [1.54, 1.807) is 0 Å². The van der Waals surface area contributed by atoms with Crippen molar-refractivity contribution in [3.8, 4) is 11.8 Å². The Balaban J connectivity index is 1.81. The Morgan fingerprint density at radius 1 is 0.917 bits per heavy atom. The first-order valence-electron chi connectivity index (χ1n) is 5.45. The van der Waals surface area contributed by atoms with Gasteiger partial charge in [0, 0.05) is 12.3 Å². The monoisotopic (exact) mass is 162 g/mol. The lowest BCUT2D eigenvalue weighted by molar-refractivity contribution is 0.570. The van der Waals surface area contributed by atoms with Crippen molar-refractivity contribution in [1.29, 1.82) is 0 Å². The van der Waals surface area contributed by atoms with E-state index in [-0.39, 0.29) is 0 Å². The summed E-state index contributed by atoms with van der Waals surface area (Å²) in [5, 5.41) is 0. The fraction of sp³-hybridized carbons (Fsp3) is 0.833. The third-order valence-electron chi connectivity index (χ3n) is 3.09. The predicted octanol–water partition coefficient (Wildman–Crippen LogP) is 3.37. The maximum atomic E-state index is 3.40. The quantitative estimate of drug-likeness (QED) is 0.479. The van der Waals surface area contributed by atoms with E-state index in [4.69, 9.17) is 0 Å². The fourth-order valence-electron chi connectivity index (χ4n) is 2.10. The average Bonchev–Trinajstić information content (AvgIpc) is 2.78. The Morgan fingerprint density at radius 2 is 1.75 bits per heavy atom. The van der Waals surface area contributed by atoms with Crippen LogP contribution in [0.5, 0.6) is 0 Å². The molecule has 0 aromatic carbocycles. The van der Waals surface area contributed by atoms with Crippen LogP contribution in [0.3, 0.4) is 0 Å². The highest BCUT2D eigenvalue weighted by molar-refractivity contribution is 5.12. The van der Waals surface area contributed by atoms with Crippen molar-refractivity contribution in [3.63, 3.8) is 0 Å². The first-order valence-corrected chi connectivity index (χ1v) is 5.45. The second kappa shape index (κ2) is 3.99. The topological polar surface area (TPSA) is 0 Å². The molecule has 0 spiro atoms. The summed E-state index contributed by atoms with van der Waals surface area (Å²) in [6.07, 6.45) is 11.1. The lowest BCUT2D eigenvalue weighted by atomic mass is 10.1. The van der Waals surface area contributed by atoms with Crippen LogP contribution in [0.25, 0.3) is 0 Å². The molecule has 66 valence electrons. The van der Waals surface area contributed by atoms with Gasteiger partial charge in [0.15, 0.2) is 0 Å². The molecular formula is C12H18. The van der Waals surface area contributed by atoms with Crippen molar-refractivity contribution in [2.75, 3.05) is 0 Å². The second-order valence-corrected chi connectivity index (χ2v) is 4.23. The van der Waals surface area contributed by atoms with Gasteiger partial charge in [-0.3, -0.25) is 0 Å². The normalized spacial score (nSPS) is 35.3. The molecule has 0 N–H and O–H groups in total. The smallest absolute Gasteiger partial charge is 0.0234 e. The summed E-state index contributed by atoms with van der Waals surface area (Å²) < 4.78 is 0. The molecule has 0 nitrogen and oxygen atoms in total. The summed E-state index contributed by atoms with van der Waals surface area (Å²) in [4.78, 5) is 0. The van der Waals surface area contributed by atoms with E-state index in [9.17, 15) is 0 Å². The van der Waals surface area contributed by atoms with Crippen LogP contribution in [0.4, 0.5) is 0 Å². The van der Waals surface area contributed by atoms with Crippen LogP contribution in [0.15, 0.2) is 0 Å². The van der Waals surface area contributed by atoms with Crippen LogP contribution in [0.1, 0.15) is 51.4 Å². The molecule has 0 aliphatic heterocycles. The SMILES string of the molecule is C1#C[C@H]2C[C@@H]2CCCCCCC1. The van der Waals surface area contributed by atoms with Gasteiger partial charge in [-0.25, -0.2) is 0 Å².